The normalized spacial score (nSPS) is 21.3. The van der Waals surface area contributed by atoms with Gasteiger partial charge in [0.15, 0.2) is 0 Å². The molecule has 0 aromatic heterocycles. The smallest absolute Gasteiger partial charge is 0.0604 e. The van der Waals surface area contributed by atoms with Crippen molar-refractivity contribution in [2.24, 2.45) is 0 Å². The Morgan fingerprint density at radius 3 is 3.07 bits per heavy atom. The van der Waals surface area contributed by atoms with Crippen LogP contribution in [0.25, 0.3) is 0 Å². The van der Waals surface area contributed by atoms with Gasteiger partial charge >= 0.3 is 0 Å². The number of benzene rings is 1. The van der Waals surface area contributed by atoms with Crippen LogP contribution in [0.15, 0.2) is 18.2 Å². The molecule has 0 amide bonds. The first kappa shape index (κ1) is 11.1. The number of hydrogen-bond donors (Lipinski definition) is 1. The largest absolute Gasteiger partial charge is 0.395 e. The van der Waals surface area contributed by atoms with Crippen molar-refractivity contribution in [3.63, 3.8) is 0 Å². The Morgan fingerprint density at radius 1 is 1.53 bits per heavy atom. The lowest BCUT2D eigenvalue weighted by molar-refractivity contribution is 0.321. The number of aliphatic hydroxyl groups is 1. The van der Waals surface area contributed by atoms with Crippen LogP contribution in [0.5, 0.6) is 0 Å². The van der Waals surface area contributed by atoms with E-state index in [9.17, 15) is 4.21 Å². The highest BCUT2D eigenvalue weighted by Gasteiger charge is 2.28. The van der Waals surface area contributed by atoms with Crippen molar-refractivity contribution in [1.29, 1.82) is 0 Å². The molecule has 0 radical (unpaired) electrons. The summed E-state index contributed by atoms with van der Waals surface area (Å²) in [4.78, 5) is 0. The van der Waals surface area contributed by atoms with Crippen LogP contribution in [-0.2, 0) is 17.2 Å². The maximum absolute atomic E-state index is 11.8. The third-order valence-electron chi connectivity index (χ3n) is 2.77. The van der Waals surface area contributed by atoms with Crippen LogP contribution in [0.1, 0.15) is 22.8 Å². The highest BCUT2D eigenvalue weighted by Crippen LogP contribution is 2.38. The molecule has 0 saturated carbocycles. The fourth-order valence-corrected chi connectivity index (χ4v) is 3.70. The Morgan fingerprint density at radius 2 is 2.33 bits per heavy atom. The number of hydrogen-bond acceptors (Lipinski definition) is 2. The van der Waals surface area contributed by atoms with Crippen LogP contribution >= 0.6 is 11.6 Å². The second kappa shape index (κ2) is 4.64. The summed E-state index contributed by atoms with van der Waals surface area (Å²) >= 11 is 6.07. The summed E-state index contributed by atoms with van der Waals surface area (Å²) < 4.78 is 11.8. The SMILES string of the molecule is O=[S@](CCO)[C@@H]1CCc2c(Cl)cccc21. The first-order valence-corrected chi connectivity index (χ1v) is 6.75. The van der Waals surface area contributed by atoms with Crippen LogP contribution < -0.4 is 0 Å². The van der Waals surface area contributed by atoms with E-state index in [0.717, 1.165) is 29.0 Å². The molecule has 1 aliphatic carbocycles. The van der Waals surface area contributed by atoms with Crippen molar-refractivity contribution < 1.29 is 9.32 Å². The molecule has 0 bridgehead atoms. The van der Waals surface area contributed by atoms with Gasteiger partial charge in [0.2, 0.25) is 0 Å². The van der Waals surface area contributed by atoms with Crippen molar-refractivity contribution >= 4 is 22.4 Å². The molecule has 0 aliphatic heterocycles. The highest BCUT2D eigenvalue weighted by molar-refractivity contribution is 7.85. The van der Waals surface area contributed by atoms with E-state index < -0.39 is 10.8 Å². The Balaban J connectivity index is 2.29. The van der Waals surface area contributed by atoms with E-state index in [1.807, 2.05) is 18.2 Å². The monoisotopic (exact) mass is 244 g/mol. The van der Waals surface area contributed by atoms with E-state index >= 15 is 0 Å². The van der Waals surface area contributed by atoms with E-state index in [1.54, 1.807) is 0 Å². The maximum Gasteiger partial charge on any atom is 0.0604 e. The molecule has 0 fully saturated rings. The van der Waals surface area contributed by atoms with Crippen molar-refractivity contribution in [2.75, 3.05) is 12.4 Å². The lowest BCUT2D eigenvalue weighted by Crippen LogP contribution is -2.09. The van der Waals surface area contributed by atoms with Crippen molar-refractivity contribution in [3.8, 4) is 0 Å². The number of rotatable bonds is 3. The molecule has 2 atom stereocenters. The first-order chi connectivity index (χ1) is 7.24. The minimum Gasteiger partial charge on any atom is -0.395 e. The van der Waals surface area contributed by atoms with E-state index in [1.165, 1.54) is 0 Å². The van der Waals surface area contributed by atoms with Gasteiger partial charge in [0, 0.05) is 21.6 Å². The molecule has 0 unspecified atom stereocenters. The van der Waals surface area contributed by atoms with Crippen LogP contribution in [0.4, 0.5) is 0 Å². The van der Waals surface area contributed by atoms with Crippen LogP contribution in [0.2, 0.25) is 5.02 Å². The van der Waals surface area contributed by atoms with E-state index in [2.05, 4.69) is 0 Å². The summed E-state index contributed by atoms with van der Waals surface area (Å²) in [6.45, 7) is -0.0149. The number of aliphatic hydroxyl groups excluding tert-OH is 1. The molecule has 15 heavy (non-hydrogen) atoms. The summed E-state index contributed by atoms with van der Waals surface area (Å²) in [5.74, 6) is 0.358. The number of fused-ring (bicyclic) bond motifs is 1. The Kier molecular flexibility index (Phi) is 3.44. The summed E-state index contributed by atoms with van der Waals surface area (Å²) in [5, 5.41) is 9.62. The average molecular weight is 245 g/mol. The molecule has 82 valence electrons. The lowest BCUT2D eigenvalue weighted by Gasteiger charge is -2.10. The van der Waals surface area contributed by atoms with Gasteiger partial charge in [-0.1, -0.05) is 23.7 Å². The van der Waals surface area contributed by atoms with Gasteiger partial charge in [0.1, 0.15) is 0 Å². The quantitative estimate of drug-likeness (QED) is 0.884. The molecular weight excluding hydrogens is 232 g/mol. The molecule has 0 heterocycles. The topological polar surface area (TPSA) is 37.3 Å². The van der Waals surface area contributed by atoms with Crippen LogP contribution in [0, 0.1) is 0 Å². The lowest BCUT2D eigenvalue weighted by atomic mass is 10.1. The third-order valence-corrected chi connectivity index (χ3v) is 4.83. The zero-order valence-corrected chi connectivity index (χ0v) is 9.85. The molecule has 2 nitrogen and oxygen atoms in total. The van der Waals surface area contributed by atoms with Gasteiger partial charge in [-0.05, 0) is 30.0 Å². The van der Waals surface area contributed by atoms with Gasteiger partial charge in [-0.2, -0.15) is 0 Å². The van der Waals surface area contributed by atoms with Gasteiger partial charge in [-0.25, -0.2) is 0 Å². The van der Waals surface area contributed by atoms with E-state index in [0.29, 0.717) is 5.75 Å². The molecule has 0 spiro atoms. The number of halogens is 1. The zero-order valence-electron chi connectivity index (χ0n) is 8.28. The molecule has 1 aliphatic rings. The molecule has 4 heteroatoms. The maximum atomic E-state index is 11.8. The second-order valence-electron chi connectivity index (χ2n) is 3.64. The molecule has 1 aromatic carbocycles. The molecule has 1 aromatic rings. The summed E-state index contributed by atoms with van der Waals surface area (Å²) in [7, 11) is -0.974. The van der Waals surface area contributed by atoms with Crippen molar-refractivity contribution in [3.05, 3.63) is 34.3 Å². The predicted octanol–water partition coefficient (Wildman–Crippen LogP) is 2.07. The Labute approximate surface area is 96.7 Å². The molecule has 0 saturated heterocycles. The fraction of sp³-hybridized carbons (Fsp3) is 0.455. The van der Waals surface area contributed by atoms with E-state index in [-0.39, 0.29) is 11.9 Å². The van der Waals surface area contributed by atoms with Gasteiger partial charge in [0.25, 0.3) is 0 Å². The fourth-order valence-electron chi connectivity index (χ4n) is 2.08. The highest BCUT2D eigenvalue weighted by atomic mass is 35.5. The van der Waals surface area contributed by atoms with Gasteiger partial charge in [-0.15, -0.1) is 0 Å². The standard InChI is InChI=1S/C11H13ClO2S/c12-10-3-1-2-9-8(10)4-5-11(9)15(14)7-6-13/h1-3,11,13H,4-7H2/t11-,15-/m1/s1. The van der Waals surface area contributed by atoms with Gasteiger partial charge in [0.05, 0.1) is 11.9 Å². The second-order valence-corrected chi connectivity index (χ2v) is 5.79. The Hall–Kier alpha value is -0.380. The minimum atomic E-state index is -0.974. The minimum absolute atomic E-state index is 0.0149. The third kappa shape index (κ3) is 2.10. The van der Waals surface area contributed by atoms with Crippen LogP contribution in [0.3, 0.4) is 0 Å². The Bertz CT molecular complexity index is 392. The summed E-state index contributed by atoms with van der Waals surface area (Å²) in [6.07, 6.45) is 1.78. The van der Waals surface area contributed by atoms with Gasteiger partial charge in [-0.3, -0.25) is 4.21 Å². The summed E-state index contributed by atoms with van der Waals surface area (Å²) in [6, 6.07) is 5.77. The van der Waals surface area contributed by atoms with Crippen molar-refractivity contribution in [2.45, 2.75) is 18.1 Å². The molecule has 2 rings (SSSR count). The zero-order chi connectivity index (χ0) is 10.8. The average Bonchev–Trinajstić information content (AvgIpc) is 2.63. The first-order valence-electron chi connectivity index (χ1n) is 4.99. The van der Waals surface area contributed by atoms with E-state index in [4.69, 9.17) is 16.7 Å². The predicted molar refractivity (Wildman–Crippen MR) is 62.6 cm³/mol. The van der Waals surface area contributed by atoms with Crippen molar-refractivity contribution in [1.82, 2.24) is 0 Å². The molecule has 1 N–H and O–H groups in total. The summed E-state index contributed by atoms with van der Waals surface area (Å²) in [5.41, 5.74) is 2.24. The molecular formula is C11H13ClO2S. The van der Waals surface area contributed by atoms with Crippen LogP contribution in [-0.4, -0.2) is 21.7 Å². The van der Waals surface area contributed by atoms with Gasteiger partial charge < -0.3 is 5.11 Å².